The molecule has 8 aromatic rings. The number of anilines is 1. The van der Waals surface area contributed by atoms with E-state index in [4.69, 9.17) is 19.3 Å². The zero-order valence-corrected chi connectivity index (χ0v) is 45.7. The van der Waals surface area contributed by atoms with Crippen molar-refractivity contribution >= 4 is 80.3 Å². The summed E-state index contributed by atoms with van der Waals surface area (Å²) in [6.45, 7) is 3.01. The van der Waals surface area contributed by atoms with Crippen LogP contribution in [0.2, 0.25) is 0 Å². The van der Waals surface area contributed by atoms with Crippen molar-refractivity contribution in [1.29, 1.82) is 0 Å². The van der Waals surface area contributed by atoms with Crippen LogP contribution in [-0.4, -0.2) is 66.5 Å². The normalized spacial score (nSPS) is 15.6. The summed E-state index contributed by atoms with van der Waals surface area (Å²) in [6.07, 6.45) is -1.52. The quantitative estimate of drug-likeness (QED) is 0.0152. The third kappa shape index (κ3) is 11.2. The molecule has 7 aromatic carbocycles. The van der Waals surface area contributed by atoms with Gasteiger partial charge < -0.3 is 24.9 Å². The van der Waals surface area contributed by atoms with Gasteiger partial charge in [-0.3, -0.25) is 14.5 Å². The number of aromatic nitrogens is 1. The van der Waals surface area contributed by atoms with Gasteiger partial charge in [-0.2, -0.15) is 0 Å². The number of β-lactam (4-membered cyclic amide) rings is 1. The number of amides is 2. The zero-order chi connectivity index (χ0) is 53.4. The highest BCUT2D eigenvalue weighted by Crippen LogP contribution is 2.43. The molecule has 0 unspecified atom stereocenters. The van der Waals surface area contributed by atoms with E-state index < -0.39 is 58.5 Å². The van der Waals surface area contributed by atoms with E-state index >= 15 is 0 Å². The van der Waals surface area contributed by atoms with Crippen molar-refractivity contribution in [1.82, 2.24) is 15.2 Å². The molecule has 0 aliphatic carbocycles. The predicted molar refractivity (Wildman–Crippen MR) is 309 cm³/mol. The van der Waals surface area contributed by atoms with Crippen molar-refractivity contribution < 1.29 is 33.5 Å². The summed E-state index contributed by atoms with van der Waals surface area (Å²) in [4.78, 5) is 70.7. The lowest BCUT2D eigenvalue weighted by Crippen LogP contribution is -2.71. The smallest absolute Gasteiger partial charge is 0.356 e. The number of nitrogens with one attached hydrogen (secondary N) is 2. The lowest BCUT2D eigenvalue weighted by Gasteiger charge is -2.49. The maximum absolute atomic E-state index is 15.0. The van der Waals surface area contributed by atoms with Gasteiger partial charge in [0.25, 0.3) is 11.8 Å². The molecule has 1 saturated heterocycles. The fourth-order valence-corrected chi connectivity index (χ4v) is 12.4. The van der Waals surface area contributed by atoms with Crippen LogP contribution in [0.3, 0.4) is 0 Å². The third-order valence-corrected chi connectivity index (χ3v) is 16.3. The molecule has 0 radical (unpaired) electrons. The molecule has 0 bridgehead atoms. The monoisotopic (exact) mass is 1170 g/mol. The number of carbonyl (C=O) groups is 4. The zero-order valence-electron chi connectivity index (χ0n) is 41.9. The van der Waals surface area contributed by atoms with E-state index in [0.29, 0.717) is 15.3 Å². The molecule has 15 heteroatoms. The summed E-state index contributed by atoms with van der Waals surface area (Å²) in [5, 5.41) is 12.5. The summed E-state index contributed by atoms with van der Waals surface area (Å²) >= 11 is 4.87. The van der Waals surface area contributed by atoms with Gasteiger partial charge in [0.05, 0.1) is 0 Å². The highest BCUT2D eigenvalue weighted by atomic mass is 127. The fraction of sp³-hybridized carbons (Fsp3) is 0.161. The Morgan fingerprint density at radius 3 is 1.53 bits per heavy atom. The van der Waals surface area contributed by atoms with Crippen LogP contribution < -0.4 is 10.6 Å². The average Bonchev–Trinajstić information content (AvgIpc) is 3.95. The first-order chi connectivity index (χ1) is 37.6. The molecule has 2 aliphatic rings. The van der Waals surface area contributed by atoms with Gasteiger partial charge in [-0.25, -0.2) is 14.6 Å². The largest absolute Gasteiger partial charge is 0.450 e. The van der Waals surface area contributed by atoms with Crippen LogP contribution in [0.25, 0.3) is 0 Å². The fourth-order valence-electron chi connectivity index (χ4n) is 9.35. The predicted octanol–water partition coefficient (Wildman–Crippen LogP) is 11.8. The van der Waals surface area contributed by atoms with Gasteiger partial charge in [0.2, 0.25) is 5.60 Å². The lowest BCUT2D eigenvalue weighted by molar-refractivity contribution is -0.172. The van der Waals surface area contributed by atoms with Crippen molar-refractivity contribution in [3.63, 3.8) is 0 Å². The summed E-state index contributed by atoms with van der Waals surface area (Å²) in [6, 6.07) is 66.6. The molecule has 1 fully saturated rings. The number of thioether (sulfide) groups is 1. The van der Waals surface area contributed by atoms with Gasteiger partial charge in [-0.05, 0) is 58.4 Å². The van der Waals surface area contributed by atoms with E-state index in [2.05, 4.69) is 38.4 Å². The van der Waals surface area contributed by atoms with Gasteiger partial charge in [-0.1, -0.05) is 240 Å². The van der Waals surface area contributed by atoms with E-state index in [1.807, 2.05) is 212 Å². The van der Waals surface area contributed by atoms with Crippen LogP contribution in [-0.2, 0) is 39.0 Å². The van der Waals surface area contributed by atoms with E-state index in [9.17, 15) is 19.2 Å². The Kier molecular flexibility index (Phi) is 16.1. The maximum Gasteiger partial charge on any atom is 0.356 e. The highest BCUT2D eigenvalue weighted by molar-refractivity contribution is 14.1. The molecule has 12 nitrogen and oxygen atoms in total. The third-order valence-electron chi connectivity index (χ3n) is 13.3. The molecule has 386 valence electrons. The molecule has 3 heterocycles. The minimum Gasteiger partial charge on any atom is -0.450 e. The number of oxime groups is 1. The number of rotatable bonds is 19. The number of thiazole rings is 1. The Hall–Kier alpha value is -7.86. The first kappa shape index (κ1) is 52.6. The van der Waals surface area contributed by atoms with Crippen LogP contribution in [0.1, 0.15) is 70.7 Å². The second-order valence-electron chi connectivity index (χ2n) is 18.7. The van der Waals surface area contributed by atoms with E-state index in [1.54, 1.807) is 5.38 Å². The topological polar surface area (TPSA) is 149 Å². The Labute approximate surface area is 468 Å². The second kappa shape index (κ2) is 23.6. The number of alkyl halides is 1. The van der Waals surface area contributed by atoms with Crippen LogP contribution in [0, 0.1) is 0 Å². The molecule has 2 aliphatic heterocycles. The van der Waals surface area contributed by atoms with E-state index in [1.165, 1.54) is 41.8 Å². The average molecular weight is 1170 g/mol. The molecule has 77 heavy (non-hydrogen) atoms. The van der Waals surface area contributed by atoms with Crippen molar-refractivity contribution in [3.8, 4) is 0 Å². The van der Waals surface area contributed by atoms with Crippen molar-refractivity contribution in [3.05, 3.63) is 274 Å². The number of carbonyl (C=O) groups excluding carboxylic acids is 4. The molecule has 1 aromatic heterocycles. The molecule has 0 saturated carbocycles. The SMILES string of the molecule is CC(C)(ON=C(C(=O)N[C@@H]1C(=O)N2C(C(=O)OC(c3ccccc3)c3ccccc3)=C(CI)CS[C@@H]12)c1csc(NC(c2ccccc2)(c2ccccc2)c2ccccc2)n1)C(=O)OC(c1ccccc1)c1ccccc1. The standard InChI is InChI=1S/C62H52IN5O7S2/c1-61(2,59(72)74-54(43-28-14-5-15-29-43)44-30-16-6-17-31-44)75-67-50(49-40-77-60(64-49)66-62(46-32-18-7-19-33-46,47-34-20-8-21-35-47)48-36-22-9-23-37-48)55(69)65-51-56(70)68-52(45(38-63)39-76-57(51)68)58(71)73-53(41-24-10-3-11-25-41)42-26-12-4-13-27-42/h3-37,40,51,53-54,57H,38-39H2,1-2H3,(H,64,66)(H,65,69)/t51-,57+/m1/s1. The second-order valence-corrected chi connectivity index (χ2v) is 21.4. The molecule has 0 spiro atoms. The minimum absolute atomic E-state index is 0.109. The van der Waals surface area contributed by atoms with Crippen molar-refractivity contribution in [2.24, 2.45) is 5.16 Å². The summed E-state index contributed by atoms with van der Waals surface area (Å²) in [5.41, 5.74) is 3.84. The minimum atomic E-state index is -1.75. The van der Waals surface area contributed by atoms with Crippen LogP contribution in [0.5, 0.6) is 0 Å². The van der Waals surface area contributed by atoms with Crippen LogP contribution in [0.4, 0.5) is 5.13 Å². The number of hydrogen-bond acceptors (Lipinski definition) is 12. The molecule has 2 amide bonds. The number of esters is 2. The highest BCUT2D eigenvalue weighted by Gasteiger charge is 2.55. The van der Waals surface area contributed by atoms with Gasteiger partial charge in [0.15, 0.2) is 23.1 Å². The van der Waals surface area contributed by atoms with Gasteiger partial charge in [0, 0.05) is 15.6 Å². The molecule has 2 N–H and O–H groups in total. The molecular weight excluding hydrogens is 1120 g/mol. The van der Waals surface area contributed by atoms with Crippen LogP contribution >= 0.6 is 45.7 Å². The summed E-state index contributed by atoms with van der Waals surface area (Å²) in [7, 11) is 0. The number of benzene rings is 7. The molecule has 10 rings (SSSR count). The van der Waals surface area contributed by atoms with Gasteiger partial charge in [-0.15, -0.1) is 23.1 Å². The van der Waals surface area contributed by atoms with Crippen molar-refractivity contribution in [2.45, 2.75) is 48.6 Å². The van der Waals surface area contributed by atoms with Gasteiger partial charge >= 0.3 is 11.9 Å². The Bertz CT molecular complexity index is 3230. The van der Waals surface area contributed by atoms with Gasteiger partial charge in [0.1, 0.15) is 28.3 Å². The van der Waals surface area contributed by atoms with Crippen molar-refractivity contribution in [2.75, 3.05) is 15.5 Å². The lowest BCUT2D eigenvalue weighted by atomic mass is 9.77. The maximum atomic E-state index is 15.0. The Balaban J connectivity index is 0.969. The molecular formula is C62H52IN5O7S2. The number of halogens is 1. The first-order valence-electron chi connectivity index (χ1n) is 24.9. The van der Waals surface area contributed by atoms with Crippen LogP contribution in [0.15, 0.2) is 234 Å². The molecule has 2 atom stereocenters. The number of nitrogens with zero attached hydrogens (tertiary/aromatic N) is 3. The van der Waals surface area contributed by atoms with E-state index in [-0.39, 0.29) is 17.1 Å². The van der Waals surface area contributed by atoms with E-state index in [0.717, 1.165) is 44.5 Å². The summed E-state index contributed by atoms with van der Waals surface area (Å²) in [5.74, 6) is -2.28. The Morgan fingerprint density at radius 2 is 1.09 bits per heavy atom. The first-order valence-corrected chi connectivity index (χ1v) is 28.3. The number of fused-ring (bicyclic) bond motifs is 1. The number of hydrogen-bond donors (Lipinski definition) is 2. The number of ether oxygens (including phenoxy) is 2. The Morgan fingerprint density at radius 1 is 0.662 bits per heavy atom. The summed E-state index contributed by atoms with van der Waals surface area (Å²) < 4.78 is 13.0.